The summed E-state index contributed by atoms with van der Waals surface area (Å²) in [4.78, 5) is 25.4. The molecule has 0 aliphatic carbocycles. The highest BCUT2D eigenvalue weighted by Gasteiger charge is 2.53. The van der Waals surface area contributed by atoms with E-state index in [1.54, 1.807) is 0 Å². The zero-order valence-electron chi connectivity index (χ0n) is 17.2. The Morgan fingerprint density at radius 1 is 0.958 bits per heavy atom. The van der Waals surface area contributed by atoms with E-state index in [-0.39, 0.29) is 17.5 Å². The molecule has 142 valence electrons. The third kappa shape index (κ3) is 5.72. The summed E-state index contributed by atoms with van der Waals surface area (Å²) in [5.41, 5.74) is -0.185. The minimum absolute atomic E-state index is 0.134. The van der Waals surface area contributed by atoms with Crippen LogP contribution in [0.4, 0.5) is 0 Å². The number of unbranched alkanes of at least 4 members (excludes halogenated alkanes) is 2. The van der Waals surface area contributed by atoms with E-state index in [1.807, 2.05) is 0 Å². The van der Waals surface area contributed by atoms with Crippen LogP contribution in [0, 0.1) is 0 Å². The molecular formula is C18H38O4Si2. The highest BCUT2D eigenvalue weighted by molar-refractivity contribution is 6.83. The van der Waals surface area contributed by atoms with E-state index < -0.39 is 21.2 Å². The number of rotatable bonds is 10. The van der Waals surface area contributed by atoms with Crippen molar-refractivity contribution < 1.29 is 19.1 Å². The number of carbonyl (C=O) groups excluding carboxylic acids is 2. The average molecular weight is 375 g/mol. The largest absolute Gasteiger partial charge is 0.469 e. The molecule has 0 radical (unpaired) electrons. The highest BCUT2D eigenvalue weighted by atomic mass is 28.3. The second kappa shape index (κ2) is 9.18. The van der Waals surface area contributed by atoms with Gasteiger partial charge in [0.25, 0.3) is 0 Å². The lowest BCUT2D eigenvalue weighted by Gasteiger charge is -2.44. The molecule has 0 fully saturated rings. The second-order valence-electron chi connectivity index (χ2n) is 8.93. The van der Waals surface area contributed by atoms with Crippen LogP contribution >= 0.6 is 0 Å². The molecule has 0 bridgehead atoms. The van der Waals surface area contributed by atoms with E-state index in [2.05, 4.69) is 46.2 Å². The van der Waals surface area contributed by atoms with Gasteiger partial charge in [-0.15, -0.1) is 0 Å². The van der Waals surface area contributed by atoms with Gasteiger partial charge in [-0.3, -0.25) is 9.59 Å². The maximum absolute atomic E-state index is 12.9. The SMILES string of the molecule is CCCCC[C@](C[C@@H](C(=O)OC)[Si](C)(C)C)(C(=O)OC)[Si](C)(C)C. The van der Waals surface area contributed by atoms with Crippen molar-refractivity contribution in [1.82, 2.24) is 0 Å². The van der Waals surface area contributed by atoms with Crippen molar-refractivity contribution >= 4 is 28.1 Å². The Bertz CT molecular complexity index is 424. The number of hydrogen-bond acceptors (Lipinski definition) is 4. The predicted octanol–water partition coefficient (Wildman–Crippen LogP) is 5.09. The molecule has 0 saturated heterocycles. The van der Waals surface area contributed by atoms with E-state index in [1.165, 1.54) is 14.2 Å². The van der Waals surface area contributed by atoms with Crippen LogP contribution in [0.2, 0.25) is 49.9 Å². The molecule has 4 nitrogen and oxygen atoms in total. The number of esters is 2. The highest BCUT2D eigenvalue weighted by Crippen LogP contribution is 2.52. The van der Waals surface area contributed by atoms with Gasteiger partial charge in [-0.05, 0) is 12.8 Å². The third-order valence-electron chi connectivity index (χ3n) is 5.30. The monoisotopic (exact) mass is 374 g/mol. The Morgan fingerprint density at radius 3 is 1.83 bits per heavy atom. The van der Waals surface area contributed by atoms with E-state index >= 15 is 0 Å². The first-order chi connectivity index (χ1) is 10.9. The van der Waals surface area contributed by atoms with Crippen molar-refractivity contribution in [2.45, 2.75) is 88.9 Å². The summed E-state index contributed by atoms with van der Waals surface area (Å²) >= 11 is 0. The predicted molar refractivity (Wildman–Crippen MR) is 106 cm³/mol. The van der Waals surface area contributed by atoms with Crippen LogP contribution in [0.15, 0.2) is 0 Å². The van der Waals surface area contributed by atoms with Gasteiger partial charge < -0.3 is 9.47 Å². The Kier molecular flexibility index (Phi) is 8.94. The molecule has 0 heterocycles. The van der Waals surface area contributed by atoms with E-state index in [4.69, 9.17) is 9.47 Å². The van der Waals surface area contributed by atoms with Crippen LogP contribution in [0.3, 0.4) is 0 Å². The topological polar surface area (TPSA) is 52.6 Å². The maximum Gasteiger partial charge on any atom is 0.308 e. The average Bonchev–Trinajstić information content (AvgIpc) is 2.46. The summed E-state index contributed by atoms with van der Waals surface area (Å²) in [6.45, 7) is 15.3. The number of hydrogen-bond donors (Lipinski definition) is 0. The third-order valence-corrected chi connectivity index (χ3v) is 11.4. The Labute approximate surface area is 150 Å². The van der Waals surface area contributed by atoms with Crippen LogP contribution < -0.4 is 0 Å². The summed E-state index contributed by atoms with van der Waals surface area (Å²) in [5, 5.41) is -0.532. The first-order valence-corrected chi connectivity index (χ1v) is 16.1. The van der Waals surface area contributed by atoms with Gasteiger partial charge >= 0.3 is 11.9 Å². The molecule has 0 spiro atoms. The minimum Gasteiger partial charge on any atom is -0.469 e. The zero-order chi connectivity index (χ0) is 19.2. The lowest BCUT2D eigenvalue weighted by Crippen LogP contribution is -2.49. The fraction of sp³-hybridized carbons (Fsp3) is 0.889. The van der Waals surface area contributed by atoms with Crippen LogP contribution in [-0.2, 0) is 19.1 Å². The van der Waals surface area contributed by atoms with Crippen LogP contribution in [0.5, 0.6) is 0 Å². The van der Waals surface area contributed by atoms with Crippen LogP contribution in [0.1, 0.15) is 39.0 Å². The van der Waals surface area contributed by atoms with E-state index in [0.717, 1.165) is 25.7 Å². The minimum atomic E-state index is -1.93. The molecule has 0 unspecified atom stereocenters. The molecule has 0 aromatic rings. The van der Waals surface area contributed by atoms with Gasteiger partial charge in [0.1, 0.15) is 0 Å². The van der Waals surface area contributed by atoms with Crippen molar-refractivity contribution in [2.75, 3.05) is 14.2 Å². The first-order valence-electron chi connectivity index (χ1n) is 9.03. The van der Waals surface area contributed by atoms with Crippen molar-refractivity contribution in [2.24, 2.45) is 0 Å². The maximum atomic E-state index is 12.9. The quantitative estimate of drug-likeness (QED) is 0.303. The summed E-state index contributed by atoms with van der Waals surface area (Å²) in [5.74, 6) is -0.305. The Balaban J connectivity index is 5.97. The van der Waals surface area contributed by atoms with Crippen molar-refractivity contribution in [1.29, 1.82) is 0 Å². The van der Waals surface area contributed by atoms with Crippen LogP contribution in [-0.4, -0.2) is 42.3 Å². The molecule has 0 aliphatic heterocycles. The lowest BCUT2D eigenvalue weighted by molar-refractivity contribution is -0.146. The molecule has 0 aliphatic rings. The number of methoxy groups -OCH3 is 2. The molecular weight excluding hydrogens is 336 g/mol. The molecule has 0 aromatic carbocycles. The summed E-state index contributed by atoms with van der Waals surface area (Å²) in [6.07, 6.45) is 4.58. The van der Waals surface area contributed by atoms with Gasteiger partial charge in [-0.1, -0.05) is 65.5 Å². The van der Waals surface area contributed by atoms with Gasteiger partial charge in [0.05, 0.1) is 40.9 Å². The molecule has 2 atom stereocenters. The summed E-state index contributed by atoms with van der Waals surface area (Å²) in [6, 6.07) is 0. The van der Waals surface area contributed by atoms with E-state index in [9.17, 15) is 9.59 Å². The van der Waals surface area contributed by atoms with Gasteiger partial charge in [-0.2, -0.15) is 0 Å². The van der Waals surface area contributed by atoms with E-state index in [0.29, 0.717) is 6.42 Å². The smallest absolute Gasteiger partial charge is 0.308 e. The lowest BCUT2D eigenvalue weighted by atomic mass is 9.94. The van der Waals surface area contributed by atoms with Crippen molar-refractivity contribution in [3.8, 4) is 0 Å². The Hall–Kier alpha value is -0.626. The molecule has 0 aromatic heterocycles. The second-order valence-corrected chi connectivity index (χ2v) is 19.8. The summed E-state index contributed by atoms with van der Waals surface area (Å²) in [7, 11) is -0.840. The Morgan fingerprint density at radius 2 is 1.50 bits per heavy atom. The summed E-state index contributed by atoms with van der Waals surface area (Å²) < 4.78 is 10.4. The van der Waals surface area contributed by atoms with Crippen molar-refractivity contribution in [3.05, 3.63) is 0 Å². The standard InChI is InChI=1S/C18H38O4Si2/c1-10-11-12-13-18(17(20)22-3,24(7,8)9)14-15(16(19)21-2)23(4,5)6/h15H,10-14H2,1-9H3/t15-,18-/m0/s1. The fourth-order valence-corrected chi connectivity index (χ4v) is 7.83. The molecule has 0 N–H and O–H groups in total. The first kappa shape index (κ1) is 23.4. The molecule has 0 saturated carbocycles. The molecule has 0 amide bonds. The number of carbonyl (C=O) groups is 2. The van der Waals surface area contributed by atoms with Gasteiger partial charge in [0, 0.05) is 0 Å². The molecule has 24 heavy (non-hydrogen) atoms. The van der Waals surface area contributed by atoms with Gasteiger partial charge in [-0.25, -0.2) is 0 Å². The zero-order valence-corrected chi connectivity index (χ0v) is 19.2. The van der Waals surface area contributed by atoms with Gasteiger partial charge in [0.15, 0.2) is 0 Å². The van der Waals surface area contributed by atoms with Crippen LogP contribution in [0.25, 0.3) is 0 Å². The fourth-order valence-electron chi connectivity index (χ4n) is 3.38. The van der Waals surface area contributed by atoms with Crippen molar-refractivity contribution in [3.63, 3.8) is 0 Å². The van der Waals surface area contributed by atoms with Gasteiger partial charge in [0.2, 0.25) is 0 Å². The molecule has 6 heteroatoms. The number of ether oxygens (including phenoxy) is 2. The normalized spacial score (nSPS) is 16.2. The molecule has 0 rings (SSSR count).